The maximum absolute atomic E-state index is 6.12. The third-order valence-electron chi connectivity index (χ3n) is 3.51. The molecule has 2 nitrogen and oxygen atoms in total. The zero-order chi connectivity index (χ0) is 12.3. The first-order chi connectivity index (χ1) is 8.20. The van der Waals surface area contributed by atoms with Gasteiger partial charge in [0.15, 0.2) is 0 Å². The Balaban J connectivity index is 2.06. The SMILES string of the molecule is CCN(Cc1ccc(Cl)nc1Cl)C1CCCC1. The van der Waals surface area contributed by atoms with Crippen LogP contribution >= 0.6 is 23.2 Å². The molecule has 1 fully saturated rings. The van der Waals surface area contributed by atoms with Crippen LogP contribution in [0, 0.1) is 0 Å². The van der Waals surface area contributed by atoms with Gasteiger partial charge in [-0.1, -0.05) is 49.0 Å². The monoisotopic (exact) mass is 272 g/mol. The summed E-state index contributed by atoms with van der Waals surface area (Å²) in [5, 5.41) is 0.997. The second kappa shape index (κ2) is 6.03. The highest BCUT2D eigenvalue weighted by Gasteiger charge is 2.22. The van der Waals surface area contributed by atoms with E-state index in [1.807, 2.05) is 12.1 Å². The molecule has 1 aromatic heterocycles. The van der Waals surface area contributed by atoms with Gasteiger partial charge in [-0.25, -0.2) is 4.98 Å². The van der Waals surface area contributed by atoms with Crippen molar-refractivity contribution in [3.05, 3.63) is 28.0 Å². The molecule has 0 saturated heterocycles. The molecule has 0 N–H and O–H groups in total. The van der Waals surface area contributed by atoms with Crippen molar-refractivity contribution < 1.29 is 0 Å². The van der Waals surface area contributed by atoms with Crippen molar-refractivity contribution in [1.29, 1.82) is 0 Å². The van der Waals surface area contributed by atoms with E-state index in [4.69, 9.17) is 23.2 Å². The summed E-state index contributed by atoms with van der Waals surface area (Å²) >= 11 is 11.9. The van der Waals surface area contributed by atoms with Gasteiger partial charge in [-0.2, -0.15) is 0 Å². The fourth-order valence-corrected chi connectivity index (χ4v) is 2.95. The van der Waals surface area contributed by atoms with E-state index in [0.717, 1.165) is 18.7 Å². The Hall–Kier alpha value is -0.310. The Morgan fingerprint density at radius 1 is 1.29 bits per heavy atom. The van der Waals surface area contributed by atoms with E-state index in [0.29, 0.717) is 16.3 Å². The zero-order valence-electron chi connectivity index (χ0n) is 10.1. The van der Waals surface area contributed by atoms with Crippen LogP contribution in [0.4, 0.5) is 0 Å². The van der Waals surface area contributed by atoms with E-state index in [1.54, 1.807) is 0 Å². The van der Waals surface area contributed by atoms with Gasteiger partial charge in [0.05, 0.1) is 0 Å². The molecule has 2 rings (SSSR count). The van der Waals surface area contributed by atoms with Crippen molar-refractivity contribution in [1.82, 2.24) is 9.88 Å². The molecule has 0 radical (unpaired) electrons. The molecule has 0 amide bonds. The van der Waals surface area contributed by atoms with Crippen LogP contribution in [-0.4, -0.2) is 22.5 Å². The van der Waals surface area contributed by atoms with E-state index in [9.17, 15) is 0 Å². The zero-order valence-corrected chi connectivity index (χ0v) is 11.6. The summed E-state index contributed by atoms with van der Waals surface area (Å²) in [5.74, 6) is 0. The van der Waals surface area contributed by atoms with Gasteiger partial charge in [0.2, 0.25) is 0 Å². The predicted molar refractivity (Wildman–Crippen MR) is 72.6 cm³/mol. The lowest BCUT2D eigenvalue weighted by Gasteiger charge is -2.27. The number of hydrogen-bond acceptors (Lipinski definition) is 2. The van der Waals surface area contributed by atoms with Crippen LogP contribution in [0.5, 0.6) is 0 Å². The second-order valence-electron chi connectivity index (χ2n) is 4.59. The van der Waals surface area contributed by atoms with Crippen LogP contribution in [0.1, 0.15) is 38.2 Å². The number of nitrogens with zero attached hydrogens (tertiary/aromatic N) is 2. The molecule has 0 bridgehead atoms. The maximum atomic E-state index is 6.12. The third kappa shape index (κ3) is 3.34. The smallest absolute Gasteiger partial charge is 0.135 e. The first-order valence-corrected chi connectivity index (χ1v) is 7.01. The average Bonchev–Trinajstić information content (AvgIpc) is 2.81. The Morgan fingerprint density at radius 3 is 2.59 bits per heavy atom. The van der Waals surface area contributed by atoms with Crippen LogP contribution in [0.2, 0.25) is 10.3 Å². The van der Waals surface area contributed by atoms with Crippen LogP contribution in [0.25, 0.3) is 0 Å². The third-order valence-corrected chi connectivity index (χ3v) is 4.05. The van der Waals surface area contributed by atoms with E-state index < -0.39 is 0 Å². The van der Waals surface area contributed by atoms with Crippen molar-refractivity contribution in [2.45, 2.75) is 45.2 Å². The minimum absolute atomic E-state index is 0.461. The van der Waals surface area contributed by atoms with Crippen molar-refractivity contribution in [2.24, 2.45) is 0 Å². The van der Waals surface area contributed by atoms with Gasteiger partial charge in [0.25, 0.3) is 0 Å². The topological polar surface area (TPSA) is 16.1 Å². The number of hydrogen-bond donors (Lipinski definition) is 0. The summed E-state index contributed by atoms with van der Waals surface area (Å²) < 4.78 is 0. The van der Waals surface area contributed by atoms with E-state index in [1.165, 1.54) is 25.7 Å². The van der Waals surface area contributed by atoms with Crippen LogP contribution in [0.15, 0.2) is 12.1 Å². The van der Waals surface area contributed by atoms with Gasteiger partial charge in [-0.3, -0.25) is 4.90 Å². The lowest BCUT2D eigenvalue weighted by Crippen LogP contribution is -2.32. The summed E-state index contributed by atoms with van der Waals surface area (Å²) in [6.07, 6.45) is 5.33. The molecule has 94 valence electrons. The summed E-state index contributed by atoms with van der Waals surface area (Å²) in [6, 6.07) is 4.51. The molecular formula is C13H18Cl2N2. The van der Waals surface area contributed by atoms with Crippen LogP contribution in [0.3, 0.4) is 0 Å². The number of rotatable bonds is 4. The molecule has 1 aliphatic rings. The second-order valence-corrected chi connectivity index (χ2v) is 5.33. The molecule has 1 heterocycles. The van der Waals surface area contributed by atoms with Crippen LogP contribution in [-0.2, 0) is 6.54 Å². The van der Waals surface area contributed by atoms with Gasteiger partial charge in [0, 0.05) is 18.2 Å². The Labute approximate surface area is 113 Å². The predicted octanol–water partition coefficient (Wildman–Crippen LogP) is 4.15. The summed E-state index contributed by atoms with van der Waals surface area (Å²) in [7, 11) is 0. The average molecular weight is 273 g/mol. The highest BCUT2D eigenvalue weighted by Crippen LogP contribution is 2.26. The molecule has 0 aliphatic heterocycles. The molecule has 0 atom stereocenters. The van der Waals surface area contributed by atoms with Crippen molar-refractivity contribution in [2.75, 3.05) is 6.54 Å². The quantitative estimate of drug-likeness (QED) is 0.766. The van der Waals surface area contributed by atoms with Crippen molar-refractivity contribution >= 4 is 23.2 Å². The van der Waals surface area contributed by atoms with Gasteiger partial charge in [0.1, 0.15) is 10.3 Å². The molecule has 17 heavy (non-hydrogen) atoms. The molecule has 0 spiro atoms. The molecular weight excluding hydrogens is 255 g/mol. The normalized spacial score (nSPS) is 16.9. The number of halogens is 2. The molecule has 0 aromatic carbocycles. The first-order valence-electron chi connectivity index (χ1n) is 6.25. The first kappa shape index (κ1) is 13.1. The standard InChI is InChI=1S/C13H18Cl2N2/c1-2-17(11-5-3-4-6-11)9-10-7-8-12(14)16-13(10)15/h7-8,11H,2-6,9H2,1H3. The van der Waals surface area contributed by atoms with Gasteiger partial charge >= 0.3 is 0 Å². The van der Waals surface area contributed by atoms with E-state index in [2.05, 4.69) is 16.8 Å². The fourth-order valence-electron chi connectivity index (χ4n) is 2.55. The van der Waals surface area contributed by atoms with Crippen molar-refractivity contribution in [3.8, 4) is 0 Å². The van der Waals surface area contributed by atoms with Crippen molar-refractivity contribution in [3.63, 3.8) is 0 Å². The van der Waals surface area contributed by atoms with Gasteiger partial charge < -0.3 is 0 Å². The summed E-state index contributed by atoms with van der Waals surface area (Å²) in [5.41, 5.74) is 1.07. The lowest BCUT2D eigenvalue weighted by molar-refractivity contribution is 0.200. The number of pyridine rings is 1. The lowest BCUT2D eigenvalue weighted by atomic mass is 10.2. The highest BCUT2D eigenvalue weighted by molar-refractivity contribution is 6.32. The minimum atomic E-state index is 0.461. The molecule has 1 aliphatic carbocycles. The van der Waals surface area contributed by atoms with E-state index in [-0.39, 0.29) is 0 Å². The Kier molecular flexibility index (Phi) is 4.66. The molecule has 1 saturated carbocycles. The van der Waals surface area contributed by atoms with Crippen LogP contribution < -0.4 is 0 Å². The largest absolute Gasteiger partial charge is 0.296 e. The van der Waals surface area contributed by atoms with Gasteiger partial charge in [-0.15, -0.1) is 0 Å². The molecule has 1 aromatic rings. The molecule has 4 heteroatoms. The minimum Gasteiger partial charge on any atom is -0.296 e. The molecule has 0 unspecified atom stereocenters. The Bertz CT molecular complexity index is 376. The number of aromatic nitrogens is 1. The summed E-state index contributed by atoms with van der Waals surface area (Å²) in [4.78, 5) is 6.58. The summed E-state index contributed by atoms with van der Waals surface area (Å²) in [6.45, 7) is 4.14. The highest BCUT2D eigenvalue weighted by atomic mass is 35.5. The Morgan fingerprint density at radius 2 is 2.00 bits per heavy atom. The fraction of sp³-hybridized carbons (Fsp3) is 0.615. The van der Waals surface area contributed by atoms with E-state index >= 15 is 0 Å². The maximum Gasteiger partial charge on any atom is 0.135 e. The van der Waals surface area contributed by atoms with Gasteiger partial charge in [-0.05, 0) is 25.5 Å².